The van der Waals surface area contributed by atoms with Crippen LogP contribution in [0, 0.1) is 6.92 Å². The van der Waals surface area contributed by atoms with Crippen molar-refractivity contribution < 1.29 is 4.74 Å². The zero-order valence-corrected chi connectivity index (χ0v) is 13.6. The molecule has 1 rings (SSSR count). The number of ether oxygens (including phenoxy) is 1. The molecule has 0 aromatic heterocycles. The summed E-state index contributed by atoms with van der Waals surface area (Å²) in [5.41, 5.74) is 1.07. The fourth-order valence-corrected chi connectivity index (χ4v) is 2.15. The maximum absolute atomic E-state index is 5.98. The van der Waals surface area contributed by atoms with Crippen molar-refractivity contribution in [2.24, 2.45) is 0 Å². The van der Waals surface area contributed by atoms with Gasteiger partial charge in [0.15, 0.2) is 0 Å². The van der Waals surface area contributed by atoms with E-state index in [1.54, 1.807) is 0 Å². The molecule has 0 atom stereocenters. The lowest BCUT2D eigenvalue weighted by molar-refractivity contribution is 0.304. The normalized spacial score (nSPS) is 10.8. The summed E-state index contributed by atoms with van der Waals surface area (Å²) in [6.45, 7) is 7.34. The van der Waals surface area contributed by atoms with Crippen LogP contribution in [0.1, 0.15) is 51.0 Å². The molecule has 0 aliphatic heterocycles. The second-order valence-corrected chi connectivity index (χ2v) is 5.68. The van der Waals surface area contributed by atoms with Gasteiger partial charge in [-0.15, -0.1) is 0 Å². The maximum Gasteiger partial charge on any atom is 0.119 e. The topological polar surface area (TPSA) is 21.3 Å². The molecule has 1 N–H and O–H groups in total. The van der Waals surface area contributed by atoms with Gasteiger partial charge < -0.3 is 10.1 Å². The second kappa shape index (κ2) is 11.0. The van der Waals surface area contributed by atoms with Gasteiger partial charge in [-0.3, -0.25) is 0 Å². The average Bonchev–Trinajstić information content (AvgIpc) is 2.45. The van der Waals surface area contributed by atoms with Crippen molar-refractivity contribution in [3.8, 4) is 5.75 Å². The van der Waals surface area contributed by atoms with Gasteiger partial charge in [0.05, 0.1) is 6.61 Å². The van der Waals surface area contributed by atoms with Gasteiger partial charge in [-0.25, -0.2) is 0 Å². The highest BCUT2D eigenvalue weighted by atomic mass is 35.5. The summed E-state index contributed by atoms with van der Waals surface area (Å²) in [5, 5.41) is 4.27. The Hall–Kier alpha value is -0.730. The third-order valence-electron chi connectivity index (χ3n) is 3.35. The van der Waals surface area contributed by atoms with Crippen LogP contribution in [-0.2, 0) is 0 Å². The van der Waals surface area contributed by atoms with Gasteiger partial charge >= 0.3 is 0 Å². The highest BCUT2D eigenvalue weighted by Gasteiger charge is 1.98. The number of benzene rings is 1. The molecule has 114 valence electrons. The van der Waals surface area contributed by atoms with E-state index in [9.17, 15) is 0 Å². The minimum Gasteiger partial charge on any atom is -0.494 e. The van der Waals surface area contributed by atoms with E-state index < -0.39 is 0 Å². The van der Waals surface area contributed by atoms with E-state index in [2.05, 4.69) is 12.2 Å². The Morgan fingerprint density at radius 3 is 2.55 bits per heavy atom. The Kier molecular flexibility index (Phi) is 9.52. The first-order chi connectivity index (χ1) is 9.74. The number of unbranched alkanes of at least 4 members (excludes halogenated alkanes) is 4. The highest BCUT2D eigenvalue weighted by Crippen LogP contribution is 2.21. The number of hydrogen-bond acceptors (Lipinski definition) is 2. The van der Waals surface area contributed by atoms with Crippen LogP contribution in [0.15, 0.2) is 18.2 Å². The fraction of sp³-hybridized carbons (Fsp3) is 0.647. The number of nitrogens with one attached hydrogen (secondary N) is 1. The Balaban J connectivity index is 1.95. The lowest BCUT2D eigenvalue weighted by atomic mass is 10.2. The predicted molar refractivity (Wildman–Crippen MR) is 87.9 cm³/mol. The van der Waals surface area contributed by atoms with Crippen molar-refractivity contribution in [2.75, 3.05) is 19.7 Å². The zero-order valence-electron chi connectivity index (χ0n) is 12.9. The van der Waals surface area contributed by atoms with Gasteiger partial charge in [-0.1, -0.05) is 37.8 Å². The fourth-order valence-electron chi connectivity index (χ4n) is 2.03. The van der Waals surface area contributed by atoms with Crippen LogP contribution in [0.5, 0.6) is 5.75 Å². The largest absolute Gasteiger partial charge is 0.494 e. The molecule has 0 saturated heterocycles. The third-order valence-corrected chi connectivity index (χ3v) is 3.78. The monoisotopic (exact) mass is 297 g/mol. The Morgan fingerprint density at radius 2 is 1.80 bits per heavy atom. The number of hydrogen-bond donors (Lipinski definition) is 1. The molecule has 0 amide bonds. The first-order valence-electron chi connectivity index (χ1n) is 7.83. The summed E-state index contributed by atoms with van der Waals surface area (Å²) in [5.74, 6) is 0.924. The minimum absolute atomic E-state index is 0.796. The molecule has 0 saturated carbocycles. The molecule has 0 radical (unpaired) electrons. The van der Waals surface area contributed by atoms with E-state index >= 15 is 0 Å². The quantitative estimate of drug-likeness (QED) is 0.582. The first kappa shape index (κ1) is 17.3. The van der Waals surface area contributed by atoms with Crippen molar-refractivity contribution in [1.82, 2.24) is 5.32 Å². The molecule has 0 fully saturated rings. The van der Waals surface area contributed by atoms with Crippen molar-refractivity contribution in [3.05, 3.63) is 28.8 Å². The first-order valence-corrected chi connectivity index (χ1v) is 8.21. The van der Waals surface area contributed by atoms with Crippen molar-refractivity contribution in [1.29, 1.82) is 0 Å². The van der Waals surface area contributed by atoms with E-state index in [1.165, 1.54) is 32.1 Å². The van der Waals surface area contributed by atoms with Crippen LogP contribution in [0.3, 0.4) is 0 Å². The number of aryl methyl sites for hydroxylation is 1. The summed E-state index contributed by atoms with van der Waals surface area (Å²) >= 11 is 5.98. The van der Waals surface area contributed by atoms with E-state index in [1.807, 2.05) is 25.1 Å². The van der Waals surface area contributed by atoms with Crippen LogP contribution < -0.4 is 10.1 Å². The van der Waals surface area contributed by atoms with Crippen LogP contribution in [0.4, 0.5) is 0 Å². The maximum atomic E-state index is 5.98. The zero-order chi connectivity index (χ0) is 14.6. The lowest BCUT2D eigenvalue weighted by Crippen LogP contribution is -2.16. The molecular weight excluding hydrogens is 270 g/mol. The highest BCUT2D eigenvalue weighted by molar-refractivity contribution is 6.31. The van der Waals surface area contributed by atoms with Gasteiger partial charge in [0, 0.05) is 5.02 Å². The van der Waals surface area contributed by atoms with E-state index in [0.717, 1.165) is 42.5 Å². The molecular formula is C17H28ClNO. The van der Waals surface area contributed by atoms with Crippen LogP contribution in [0.25, 0.3) is 0 Å². The van der Waals surface area contributed by atoms with E-state index in [0.29, 0.717) is 0 Å². The number of halogens is 1. The van der Waals surface area contributed by atoms with Crippen LogP contribution in [0.2, 0.25) is 5.02 Å². The molecule has 0 heterocycles. The van der Waals surface area contributed by atoms with Crippen LogP contribution >= 0.6 is 11.6 Å². The molecule has 0 bridgehead atoms. The molecule has 2 nitrogen and oxygen atoms in total. The van der Waals surface area contributed by atoms with Crippen molar-refractivity contribution >= 4 is 11.6 Å². The molecule has 20 heavy (non-hydrogen) atoms. The van der Waals surface area contributed by atoms with Crippen molar-refractivity contribution in [3.63, 3.8) is 0 Å². The molecule has 0 spiro atoms. The molecule has 3 heteroatoms. The van der Waals surface area contributed by atoms with E-state index in [4.69, 9.17) is 16.3 Å². The summed E-state index contributed by atoms with van der Waals surface area (Å²) in [6.07, 6.45) is 7.47. The van der Waals surface area contributed by atoms with Gasteiger partial charge in [0.1, 0.15) is 5.75 Å². The molecule has 0 aliphatic rings. The number of rotatable bonds is 11. The Labute approximate surface area is 128 Å². The summed E-state index contributed by atoms with van der Waals surface area (Å²) in [7, 11) is 0. The average molecular weight is 298 g/mol. The van der Waals surface area contributed by atoms with Crippen molar-refractivity contribution in [2.45, 2.75) is 52.4 Å². The summed E-state index contributed by atoms with van der Waals surface area (Å²) < 4.78 is 5.73. The Morgan fingerprint density at radius 1 is 1.05 bits per heavy atom. The molecule has 0 unspecified atom stereocenters. The van der Waals surface area contributed by atoms with Gasteiger partial charge in [0.2, 0.25) is 0 Å². The predicted octanol–water partition coefficient (Wildman–Crippen LogP) is 4.98. The summed E-state index contributed by atoms with van der Waals surface area (Å²) in [6, 6.07) is 5.83. The van der Waals surface area contributed by atoms with Gasteiger partial charge in [-0.2, -0.15) is 0 Å². The van der Waals surface area contributed by atoms with Gasteiger partial charge in [0.25, 0.3) is 0 Å². The minimum atomic E-state index is 0.796. The standard InChI is InChI=1S/C17H28ClNO/c1-3-4-11-19-12-7-5-6-8-13-20-16-9-10-17(18)15(2)14-16/h9-10,14,19H,3-8,11-13H2,1-2H3. The summed E-state index contributed by atoms with van der Waals surface area (Å²) in [4.78, 5) is 0. The molecule has 1 aromatic carbocycles. The molecule has 0 aliphatic carbocycles. The molecule has 1 aromatic rings. The van der Waals surface area contributed by atoms with Gasteiger partial charge in [-0.05, 0) is 63.0 Å². The second-order valence-electron chi connectivity index (χ2n) is 5.28. The lowest BCUT2D eigenvalue weighted by Gasteiger charge is -2.08. The van der Waals surface area contributed by atoms with Crippen LogP contribution in [-0.4, -0.2) is 19.7 Å². The smallest absolute Gasteiger partial charge is 0.119 e. The SMILES string of the molecule is CCCCNCCCCCCOc1ccc(Cl)c(C)c1. The third kappa shape index (κ3) is 7.76. The Bertz CT molecular complexity index is 368. The van der Waals surface area contributed by atoms with E-state index in [-0.39, 0.29) is 0 Å².